The van der Waals surface area contributed by atoms with Gasteiger partial charge >= 0.3 is 11.9 Å². The lowest BCUT2D eigenvalue weighted by atomic mass is 10.2. The molecule has 0 unspecified atom stereocenters. The molecule has 2 rings (SSSR count). The highest BCUT2D eigenvalue weighted by Crippen LogP contribution is 2.00. The molecular weight excluding hydrogens is 336 g/mol. The van der Waals surface area contributed by atoms with Gasteiger partial charge in [-0.2, -0.15) is 9.46 Å². The minimum atomic E-state index is -0.476. The maximum Gasteiger partial charge on any atom is 0.332 e. The van der Waals surface area contributed by atoms with Gasteiger partial charge in [0.2, 0.25) is 0 Å². The van der Waals surface area contributed by atoms with E-state index in [9.17, 15) is 9.59 Å². The fourth-order valence-electron chi connectivity index (χ4n) is 1.66. The summed E-state index contributed by atoms with van der Waals surface area (Å²) in [6, 6.07) is 10.2. The first-order chi connectivity index (χ1) is 11.1. The third-order valence-electron chi connectivity index (χ3n) is 2.74. The second kappa shape index (κ2) is 8.35. The van der Waals surface area contributed by atoms with E-state index in [1.165, 1.54) is 9.46 Å². The van der Waals surface area contributed by atoms with Crippen molar-refractivity contribution in [2.24, 2.45) is 0 Å². The molecule has 23 heavy (non-hydrogen) atoms. The molecule has 0 aliphatic heterocycles. The molecule has 0 aliphatic rings. The van der Waals surface area contributed by atoms with E-state index in [1.54, 1.807) is 48.8 Å². The third kappa shape index (κ3) is 5.42. The molecule has 0 saturated heterocycles. The van der Waals surface area contributed by atoms with Crippen molar-refractivity contribution in [3.05, 3.63) is 58.1 Å². The van der Waals surface area contributed by atoms with Gasteiger partial charge in [-0.05, 0) is 30.7 Å². The highest BCUT2D eigenvalue weighted by molar-refractivity contribution is 7.71. The van der Waals surface area contributed by atoms with Crippen LogP contribution in [-0.4, -0.2) is 21.4 Å². The first-order valence-electron chi connectivity index (χ1n) is 6.84. The Morgan fingerprint density at radius 2 is 1.26 bits per heavy atom. The number of carbonyl (C=O) groups is 2. The van der Waals surface area contributed by atoms with Crippen LogP contribution in [-0.2, 0) is 9.59 Å². The Kier molecular flexibility index (Phi) is 6.19. The Labute approximate surface area is 142 Å². The molecule has 0 bridgehead atoms. The molecule has 0 saturated carbocycles. The summed E-state index contributed by atoms with van der Waals surface area (Å²) in [5, 5.41) is 0. The minimum absolute atomic E-state index is 0.0754. The van der Waals surface area contributed by atoms with Gasteiger partial charge in [-0.25, -0.2) is 9.59 Å². The van der Waals surface area contributed by atoms with Crippen LogP contribution < -0.4 is 9.68 Å². The van der Waals surface area contributed by atoms with Crippen LogP contribution in [0, 0.1) is 9.28 Å². The number of aromatic nitrogens is 2. The first kappa shape index (κ1) is 17.0. The first-order valence-corrected chi connectivity index (χ1v) is 7.65. The number of nitrogens with zero attached hydrogens (tertiary/aromatic N) is 2. The van der Waals surface area contributed by atoms with E-state index in [4.69, 9.17) is 34.1 Å². The van der Waals surface area contributed by atoms with E-state index in [0.29, 0.717) is 15.7 Å². The third-order valence-corrected chi connectivity index (χ3v) is 3.37. The average molecular weight is 350 g/mol. The predicted molar refractivity (Wildman–Crippen MR) is 87.6 cm³/mol. The van der Waals surface area contributed by atoms with Gasteiger partial charge in [-0.15, -0.1) is 0 Å². The molecule has 0 fully saturated rings. The molecule has 0 amide bonds. The zero-order valence-corrected chi connectivity index (χ0v) is 13.7. The number of hydrogen-bond acceptors (Lipinski definition) is 6. The normalized spacial score (nSPS) is 10.1. The van der Waals surface area contributed by atoms with Gasteiger partial charge in [0.15, 0.2) is 0 Å². The lowest BCUT2D eigenvalue weighted by Crippen LogP contribution is -2.22. The standard InChI is InChI=1S/C15H14N2O4S2/c18-14(20-16-10-3-1-6-12(16)22)8-5-9-15(19)21-17-11-4-2-7-13(17)23/h1-4,6-7,10-11H,5,8-9H2. The van der Waals surface area contributed by atoms with Gasteiger partial charge < -0.3 is 9.68 Å². The fourth-order valence-corrected chi connectivity index (χ4v) is 2.02. The van der Waals surface area contributed by atoms with Crippen LogP contribution in [0.3, 0.4) is 0 Å². The smallest absolute Gasteiger partial charge is 0.332 e. The van der Waals surface area contributed by atoms with E-state index in [-0.39, 0.29) is 12.8 Å². The lowest BCUT2D eigenvalue weighted by molar-refractivity contribution is -0.146. The maximum absolute atomic E-state index is 11.7. The second-order valence-corrected chi connectivity index (χ2v) is 5.35. The molecule has 2 aromatic heterocycles. The number of carbonyl (C=O) groups excluding carboxylic acids is 2. The monoisotopic (exact) mass is 350 g/mol. The van der Waals surface area contributed by atoms with Crippen molar-refractivity contribution in [1.82, 2.24) is 9.46 Å². The van der Waals surface area contributed by atoms with Gasteiger partial charge in [0, 0.05) is 25.2 Å². The highest BCUT2D eigenvalue weighted by Gasteiger charge is 2.09. The number of pyridine rings is 2. The second-order valence-electron chi connectivity index (χ2n) is 4.51. The molecule has 8 heteroatoms. The van der Waals surface area contributed by atoms with Crippen LogP contribution in [0.1, 0.15) is 19.3 Å². The zero-order valence-electron chi connectivity index (χ0n) is 12.1. The SMILES string of the molecule is O=C(CCCC(=O)On1ccccc1=S)On1ccccc1=S. The van der Waals surface area contributed by atoms with Crippen molar-refractivity contribution in [2.45, 2.75) is 19.3 Å². The molecule has 6 nitrogen and oxygen atoms in total. The minimum Gasteiger partial charge on any atom is -0.336 e. The van der Waals surface area contributed by atoms with Crippen LogP contribution in [0.2, 0.25) is 0 Å². The van der Waals surface area contributed by atoms with Crippen molar-refractivity contribution in [3.63, 3.8) is 0 Å². The molecule has 0 N–H and O–H groups in total. The topological polar surface area (TPSA) is 62.5 Å². The van der Waals surface area contributed by atoms with E-state index in [1.807, 2.05) is 0 Å². The average Bonchev–Trinajstić information content (AvgIpc) is 2.52. The molecule has 0 atom stereocenters. The fraction of sp³-hybridized carbons (Fsp3) is 0.200. The summed E-state index contributed by atoms with van der Waals surface area (Å²) in [5.41, 5.74) is 0. The van der Waals surface area contributed by atoms with E-state index in [2.05, 4.69) is 0 Å². The van der Waals surface area contributed by atoms with E-state index in [0.717, 1.165) is 0 Å². The molecule has 120 valence electrons. The quantitative estimate of drug-likeness (QED) is 0.746. The number of hydrogen-bond donors (Lipinski definition) is 0. The molecular formula is C15H14N2O4S2. The summed E-state index contributed by atoms with van der Waals surface area (Å²) in [6.07, 6.45) is 3.55. The Morgan fingerprint density at radius 3 is 1.65 bits per heavy atom. The maximum atomic E-state index is 11.7. The van der Waals surface area contributed by atoms with Crippen LogP contribution in [0.5, 0.6) is 0 Å². The van der Waals surface area contributed by atoms with Crippen molar-refractivity contribution in [2.75, 3.05) is 0 Å². The van der Waals surface area contributed by atoms with Crippen LogP contribution >= 0.6 is 24.4 Å². The Bertz CT molecular complexity index is 746. The van der Waals surface area contributed by atoms with E-state index >= 15 is 0 Å². The van der Waals surface area contributed by atoms with Crippen molar-refractivity contribution >= 4 is 36.4 Å². The number of rotatable bonds is 6. The summed E-state index contributed by atoms with van der Waals surface area (Å²) in [4.78, 5) is 33.5. The van der Waals surface area contributed by atoms with Gasteiger partial charge in [-0.1, -0.05) is 36.6 Å². The molecule has 2 aromatic rings. The van der Waals surface area contributed by atoms with Gasteiger partial charge in [0.05, 0.1) is 0 Å². The predicted octanol–water partition coefficient (Wildman–Crippen LogP) is 2.53. The van der Waals surface area contributed by atoms with Crippen molar-refractivity contribution < 1.29 is 19.3 Å². The summed E-state index contributed by atoms with van der Waals surface area (Å²) >= 11 is 10.0. The summed E-state index contributed by atoms with van der Waals surface area (Å²) in [6.45, 7) is 0. The summed E-state index contributed by atoms with van der Waals surface area (Å²) < 4.78 is 3.19. The molecule has 0 radical (unpaired) electrons. The Balaban J connectivity index is 1.76. The van der Waals surface area contributed by atoms with Crippen LogP contribution in [0.15, 0.2) is 48.8 Å². The zero-order chi connectivity index (χ0) is 16.7. The van der Waals surface area contributed by atoms with Crippen molar-refractivity contribution in [1.29, 1.82) is 0 Å². The van der Waals surface area contributed by atoms with Crippen LogP contribution in [0.25, 0.3) is 0 Å². The molecule has 0 aromatic carbocycles. The van der Waals surface area contributed by atoms with Crippen molar-refractivity contribution in [3.8, 4) is 0 Å². The molecule has 2 heterocycles. The molecule has 0 spiro atoms. The summed E-state index contributed by atoms with van der Waals surface area (Å²) in [5.74, 6) is -0.951. The molecule has 0 aliphatic carbocycles. The largest absolute Gasteiger partial charge is 0.336 e. The van der Waals surface area contributed by atoms with Gasteiger partial charge in [0.1, 0.15) is 9.28 Å². The van der Waals surface area contributed by atoms with Gasteiger partial charge in [-0.3, -0.25) is 0 Å². The summed E-state index contributed by atoms with van der Waals surface area (Å²) in [7, 11) is 0. The highest BCUT2D eigenvalue weighted by atomic mass is 32.1. The van der Waals surface area contributed by atoms with Crippen LogP contribution in [0.4, 0.5) is 0 Å². The Hall–Kier alpha value is -2.32. The Morgan fingerprint density at radius 1 is 0.826 bits per heavy atom. The van der Waals surface area contributed by atoms with E-state index < -0.39 is 11.9 Å². The van der Waals surface area contributed by atoms with Gasteiger partial charge in [0.25, 0.3) is 0 Å². The lowest BCUT2D eigenvalue weighted by Gasteiger charge is -2.08.